The van der Waals surface area contributed by atoms with Crippen molar-refractivity contribution in [2.24, 2.45) is 46.8 Å². The fraction of sp³-hybridized carbons (Fsp3) is 1.00. The highest BCUT2D eigenvalue weighted by molar-refractivity contribution is 9.25. The summed E-state index contributed by atoms with van der Waals surface area (Å²) in [6.45, 7) is 2.56. The van der Waals surface area contributed by atoms with Gasteiger partial charge in [-0.2, -0.15) is 0 Å². The highest BCUT2D eigenvalue weighted by Crippen LogP contribution is 2.92. The summed E-state index contributed by atoms with van der Waals surface area (Å²) >= 11 is 12.2. The molecule has 6 aliphatic carbocycles. The predicted octanol–water partition coefficient (Wildman–Crippen LogP) is 4.01. The van der Waals surface area contributed by atoms with E-state index < -0.39 is 0 Å². The van der Waals surface area contributed by atoms with Gasteiger partial charge in [0, 0.05) is 4.83 Å². The van der Waals surface area contributed by atoms with Crippen molar-refractivity contribution in [2.75, 3.05) is 0 Å². The van der Waals surface area contributed by atoms with Gasteiger partial charge < -0.3 is 0 Å². The van der Waals surface area contributed by atoms with Crippen molar-refractivity contribution in [1.82, 2.24) is 0 Å². The van der Waals surface area contributed by atoms with E-state index in [1.54, 1.807) is 0 Å². The zero-order valence-corrected chi connectivity index (χ0v) is 13.2. The van der Waals surface area contributed by atoms with Gasteiger partial charge in [-0.25, -0.2) is 0 Å². The molecule has 15 heavy (non-hydrogen) atoms. The molecule has 0 amide bonds. The van der Waals surface area contributed by atoms with Gasteiger partial charge in [0.1, 0.15) is 0 Å². The second kappa shape index (κ2) is 2.18. The van der Waals surface area contributed by atoms with E-state index in [9.17, 15) is 0 Å². The molecule has 6 fully saturated rings. The van der Waals surface area contributed by atoms with E-state index >= 15 is 0 Å². The van der Waals surface area contributed by atoms with Gasteiger partial charge >= 0.3 is 0 Å². The Morgan fingerprint density at radius 3 is 2.40 bits per heavy atom. The minimum atomic E-state index is 0.292. The Labute approximate surface area is 115 Å². The van der Waals surface area contributed by atoms with Crippen LogP contribution >= 0.6 is 47.8 Å². The normalized spacial score (nSPS) is 79.2. The van der Waals surface area contributed by atoms with Gasteiger partial charge in [0.15, 0.2) is 0 Å². The summed E-state index contributed by atoms with van der Waals surface area (Å²) in [6.07, 6.45) is 1.54. The van der Waals surface area contributed by atoms with E-state index in [0.29, 0.717) is 8.65 Å². The highest BCUT2D eigenvalue weighted by Gasteiger charge is 2.90. The van der Waals surface area contributed by atoms with Crippen molar-refractivity contribution in [3.05, 3.63) is 0 Å². The lowest BCUT2D eigenvalue weighted by molar-refractivity contribution is 0.0700. The molecule has 0 aromatic carbocycles. The molecule has 0 heterocycles. The molecule has 82 valence electrons. The molecule has 0 aliphatic heterocycles. The molecule has 0 radical (unpaired) electrons. The van der Waals surface area contributed by atoms with Gasteiger partial charge in [-0.1, -0.05) is 54.7 Å². The summed E-state index contributed by atoms with van der Waals surface area (Å²) in [5, 5.41) is 0. The van der Waals surface area contributed by atoms with Crippen LogP contribution in [0.2, 0.25) is 0 Å². The van der Waals surface area contributed by atoms with Crippen molar-refractivity contribution in [3.8, 4) is 0 Å². The summed E-state index contributed by atoms with van der Waals surface area (Å²) in [7, 11) is 0. The first-order valence-electron chi connectivity index (χ1n) is 6.02. The van der Waals surface area contributed by atoms with Crippen molar-refractivity contribution in [2.45, 2.75) is 21.4 Å². The molecule has 0 N–H and O–H groups in total. The monoisotopic (exact) mass is 394 g/mol. The van der Waals surface area contributed by atoms with Crippen LogP contribution in [0.4, 0.5) is 0 Å². The number of hydrogen-bond acceptors (Lipinski definition) is 0. The van der Waals surface area contributed by atoms with Crippen molar-refractivity contribution in [1.29, 1.82) is 0 Å². The van der Waals surface area contributed by atoms with Crippen LogP contribution in [0, 0.1) is 46.8 Å². The van der Waals surface area contributed by atoms with Crippen molar-refractivity contribution >= 4 is 47.8 Å². The molecule has 0 aromatic heterocycles. The van der Waals surface area contributed by atoms with Crippen LogP contribution in [0.3, 0.4) is 0 Å². The quantitative estimate of drug-likeness (QED) is 0.543. The van der Waals surface area contributed by atoms with E-state index in [2.05, 4.69) is 54.7 Å². The van der Waals surface area contributed by atoms with E-state index in [0.717, 1.165) is 46.3 Å². The second-order valence-corrected chi connectivity index (χ2v) is 11.4. The Kier molecular flexibility index (Phi) is 1.36. The first-order chi connectivity index (χ1) is 7.00. The summed E-state index contributed by atoms with van der Waals surface area (Å²) in [5.41, 5.74) is 0.588. The maximum Gasteiger partial charge on any atom is 0.0875 e. The van der Waals surface area contributed by atoms with Gasteiger partial charge in [0.2, 0.25) is 0 Å². The summed E-state index contributed by atoms with van der Waals surface area (Å²) in [5.74, 6) is 6.98. The smallest absolute Gasteiger partial charge is 0.0875 e. The van der Waals surface area contributed by atoms with Crippen LogP contribution in [0.1, 0.15) is 13.3 Å². The molecular weight excluding hydrogens is 384 g/mol. The van der Waals surface area contributed by atoms with Gasteiger partial charge in [0.05, 0.1) is 3.23 Å². The molecule has 0 saturated heterocycles. The average molecular weight is 397 g/mol. The molecule has 6 rings (SSSR count). The Balaban J connectivity index is 1.88. The number of hydrogen-bond donors (Lipinski definition) is 0. The lowest BCUT2D eigenvalue weighted by atomic mass is 9.64. The summed E-state index contributed by atoms with van der Waals surface area (Å²) in [6, 6.07) is 0. The minimum Gasteiger partial charge on any atom is -0.0881 e. The summed E-state index contributed by atoms with van der Waals surface area (Å²) in [4.78, 5) is 0.807. The average Bonchev–Trinajstić information content (AvgIpc) is 2.81. The van der Waals surface area contributed by atoms with Gasteiger partial charge in [0.25, 0.3) is 0 Å². The number of halogens is 3. The number of alkyl halides is 3. The molecule has 9 atom stereocenters. The molecule has 6 saturated carbocycles. The molecule has 6 bridgehead atoms. The Hall–Kier alpha value is 1.44. The molecule has 0 spiro atoms. The minimum absolute atomic E-state index is 0.292. The van der Waals surface area contributed by atoms with Crippen LogP contribution in [0.15, 0.2) is 0 Å². The predicted molar refractivity (Wildman–Crippen MR) is 70.5 cm³/mol. The topological polar surface area (TPSA) is 0 Å². The fourth-order valence-corrected chi connectivity index (χ4v) is 11.2. The molecular formula is C12H13Br3. The van der Waals surface area contributed by atoms with E-state index in [-0.39, 0.29) is 0 Å². The van der Waals surface area contributed by atoms with Gasteiger partial charge in [-0.05, 0) is 53.3 Å². The first kappa shape index (κ1) is 9.38. The van der Waals surface area contributed by atoms with E-state index in [1.165, 1.54) is 6.42 Å². The van der Waals surface area contributed by atoms with Crippen molar-refractivity contribution < 1.29 is 0 Å². The third kappa shape index (κ3) is 0.613. The number of rotatable bonds is 0. The lowest BCUT2D eigenvalue weighted by Gasteiger charge is -2.40. The maximum atomic E-state index is 4.05. The van der Waals surface area contributed by atoms with Gasteiger partial charge in [-0.15, -0.1) is 0 Å². The third-order valence-corrected chi connectivity index (χ3v) is 10.5. The van der Waals surface area contributed by atoms with Crippen molar-refractivity contribution in [3.63, 3.8) is 0 Å². The second-order valence-electron chi connectivity index (χ2n) is 6.69. The molecule has 0 nitrogen and oxygen atoms in total. The fourth-order valence-electron chi connectivity index (χ4n) is 7.03. The van der Waals surface area contributed by atoms with E-state index in [1.807, 2.05) is 0 Å². The Morgan fingerprint density at radius 1 is 1.07 bits per heavy atom. The van der Waals surface area contributed by atoms with Crippen LogP contribution < -0.4 is 0 Å². The maximum absolute atomic E-state index is 4.05. The lowest BCUT2D eigenvalue weighted by Crippen LogP contribution is -2.37. The summed E-state index contributed by atoms with van der Waals surface area (Å²) < 4.78 is 0.292. The van der Waals surface area contributed by atoms with Crippen LogP contribution in [-0.4, -0.2) is 8.06 Å². The van der Waals surface area contributed by atoms with Gasteiger partial charge in [-0.3, -0.25) is 0 Å². The van der Waals surface area contributed by atoms with E-state index in [4.69, 9.17) is 0 Å². The highest BCUT2D eigenvalue weighted by atomic mass is 79.9. The zero-order chi connectivity index (χ0) is 10.3. The molecule has 0 unspecified atom stereocenters. The zero-order valence-electron chi connectivity index (χ0n) is 8.46. The standard InChI is InChI=1S/C12H13Br3/c1-11-7-4-2-3-5(6(4)10(11)13)9(11)12(14,15)8(3)7/h3-10H,2H2,1H3/t3-,4+,5-,6+,7+,8-,9+,10-,11+/m0/s1. The Bertz CT molecular complexity index is 390. The Morgan fingerprint density at radius 2 is 1.73 bits per heavy atom. The SMILES string of the molecule is C[C@]12[C@@H]3[C@@H]4C[C@H]5[C@@H]([C@@H]4[C@@H]1Br)[C@H]2C(Br)(Br)[C@@H]53. The first-order valence-corrected chi connectivity index (χ1v) is 8.52. The third-order valence-electron chi connectivity index (χ3n) is 6.85. The molecule has 6 aliphatic rings. The molecule has 3 heteroatoms. The van der Waals surface area contributed by atoms with Crippen LogP contribution in [-0.2, 0) is 0 Å². The molecule has 0 aromatic rings. The largest absolute Gasteiger partial charge is 0.0881 e. The van der Waals surface area contributed by atoms with Crippen LogP contribution in [0.5, 0.6) is 0 Å². The van der Waals surface area contributed by atoms with Crippen LogP contribution in [0.25, 0.3) is 0 Å².